The second kappa shape index (κ2) is 9.00. The summed E-state index contributed by atoms with van der Waals surface area (Å²) in [5, 5.41) is 7.73. The van der Waals surface area contributed by atoms with Crippen molar-refractivity contribution < 1.29 is 9.59 Å². The maximum Gasteiger partial charge on any atom is 0.312 e. The number of nitrogens with two attached hydrogens (primary N) is 1. The number of urea groups is 1. The van der Waals surface area contributed by atoms with Gasteiger partial charge >= 0.3 is 6.03 Å². The molecule has 2 unspecified atom stereocenters. The van der Waals surface area contributed by atoms with Crippen LogP contribution in [0.3, 0.4) is 0 Å². The van der Waals surface area contributed by atoms with E-state index < -0.39 is 12.1 Å². The Hall–Kier alpha value is -3.12. The molecule has 0 aliphatic heterocycles. The molecule has 3 amide bonds. The first kappa shape index (κ1) is 18.7. The van der Waals surface area contributed by atoms with Crippen LogP contribution in [0.1, 0.15) is 34.5 Å². The van der Waals surface area contributed by atoms with Crippen molar-refractivity contribution in [3.63, 3.8) is 0 Å². The first-order chi connectivity index (χ1) is 13.1. The predicted octanol–water partition coefficient (Wildman–Crippen LogP) is 3.75. The zero-order chi connectivity index (χ0) is 19.1. The van der Waals surface area contributed by atoms with Gasteiger partial charge in [-0.25, -0.2) is 4.79 Å². The fourth-order valence-corrected chi connectivity index (χ4v) is 3.74. The van der Waals surface area contributed by atoms with E-state index in [-0.39, 0.29) is 18.4 Å². The molecule has 27 heavy (non-hydrogen) atoms. The third-order valence-electron chi connectivity index (χ3n) is 4.17. The van der Waals surface area contributed by atoms with Crippen LogP contribution in [0.15, 0.2) is 78.2 Å². The maximum absolute atomic E-state index is 12.8. The smallest absolute Gasteiger partial charge is 0.312 e. The van der Waals surface area contributed by atoms with Crippen molar-refractivity contribution in [2.24, 2.45) is 5.73 Å². The van der Waals surface area contributed by atoms with Crippen molar-refractivity contribution in [3.8, 4) is 0 Å². The molecule has 4 N–H and O–H groups in total. The lowest BCUT2D eigenvalue weighted by Crippen LogP contribution is -2.37. The van der Waals surface area contributed by atoms with Gasteiger partial charge in [0.2, 0.25) is 5.91 Å². The lowest BCUT2D eigenvalue weighted by Gasteiger charge is -2.21. The van der Waals surface area contributed by atoms with E-state index in [9.17, 15) is 9.59 Å². The molecule has 1 heterocycles. The van der Waals surface area contributed by atoms with Gasteiger partial charge in [-0.15, -0.1) is 11.3 Å². The SMILES string of the molecule is NC(=O)NC(CC(=O)NC(c1ccccc1)c1cccs1)c1ccccc1. The summed E-state index contributed by atoms with van der Waals surface area (Å²) in [4.78, 5) is 25.2. The van der Waals surface area contributed by atoms with Crippen LogP contribution in [0.5, 0.6) is 0 Å². The topological polar surface area (TPSA) is 84.2 Å². The first-order valence-corrected chi connectivity index (χ1v) is 9.50. The molecule has 138 valence electrons. The highest BCUT2D eigenvalue weighted by molar-refractivity contribution is 7.10. The molecule has 0 saturated carbocycles. The van der Waals surface area contributed by atoms with E-state index in [1.54, 1.807) is 11.3 Å². The number of benzene rings is 2. The van der Waals surface area contributed by atoms with E-state index in [0.717, 1.165) is 16.0 Å². The number of thiophene rings is 1. The molecule has 2 aromatic carbocycles. The summed E-state index contributed by atoms with van der Waals surface area (Å²) in [5.41, 5.74) is 7.13. The van der Waals surface area contributed by atoms with Gasteiger partial charge in [0, 0.05) is 4.88 Å². The predicted molar refractivity (Wildman–Crippen MR) is 107 cm³/mol. The van der Waals surface area contributed by atoms with Gasteiger partial charge in [-0.05, 0) is 22.6 Å². The minimum atomic E-state index is -0.658. The van der Waals surface area contributed by atoms with Crippen molar-refractivity contribution in [2.45, 2.75) is 18.5 Å². The van der Waals surface area contributed by atoms with Crippen LogP contribution in [0.2, 0.25) is 0 Å². The summed E-state index contributed by atoms with van der Waals surface area (Å²) in [7, 11) is 0. The van der Waals surface area contributed by atoms with Crippen LogP contribution in [0, 0.1) is 0 Å². The average Bonchev–Trinajstić information content (AvgIpc) is 3.21. The second-order valence-corrected chi connectivity index (χ2v) is 7.08. The highest BCUT2D eigenvalue weighted by Gasteiger charge is 2.22. The number of carbonyl (C=O) groups is 2. The third-order valence-corrected chi connectivity index (χ3v) is 5.11. The lowest BCUT2D eigenvalue weighted by atomic mass is 10.0. The van der Waals surface area contributed by atoms with Gasteiger partial charge < -0.3 is 16.4 Å². The van der Waals surface area contributed by atoms with Crippen molar-refractivity contribution in [3.05, 3.63) is 94.2 Å². The molecule has 3 rings (SSSR count). The van der Waals surface area contributed by atoms with Crippen LogP contribution in [0.25, 0.3) is 0 Å². The molecular weight excluding hydrogens is 358 g/mol. The molecule has 3 aromatic rings. The molecule has 0 saturated heterocycles. The number of nitrogens with one attached hydrogen (secondary N) is 2. The van der Waals surface area contributed by atoms with E-state index in [0.29, 0.717) is 0 Å². The Labute approximate surface area is 162 Å². The monoisotopic (exact) mass is 379 g/mol. The normalized spacial score (nSPS) is 12.7. The number of rotatable bonds is 7. The van der Waals surface area contributed by atoms with Gasteiger partial charge in [-0.3, -0.25) is 4.79 Å². The number of hydrogen-bond acceptors (Lipinski definition) is 3. The molecule has 0 spiro atoms. The first-order valence-electron chi connectivity index (χ1n) is 8.62. The molecule has 0 bridgehead atoms. The molecule has 1 aromatic heterocycles. The Morgan fingerprint density at radius 2 is 1.48 bits per heavy atom. The molecule has 0 aliphatic rings. The van der Waals surface area contributed by atoms with E-state index in [2.05, 4.69) is 10.6 Å². The zero-order valence-corrected chi connectivity index (χ0v) is 15.5. The Kier molecular flexibility index (Phi) is 6.22. The minimum Gasteiger partial charge on any atom is -0.352 e. The van der Waals surface area contributed by atoms with Crippen LogP contribution in [-0.4, -0.2) is 11.9 Å². The standard InChI is InChI=1S/C21H21N3O2S/c22-21(26)23-17(15-8-3-1-4-9-15)14-19(25)24-20(18-12-7-13-27-18)16-10-5-2-6-11-16/h1-13,17,20H,14H2,(H,24,25)(H3,22,23,26). The van der Waals surface area contributed by atoms with E-state index in [4.69, 9.17) is 5.73 Å². The van der Waals surface area contributed by atoms with Crippen molar-refractivity contribution in [1.82, 2.24) is 10.6 Å². The molecular formula is C21H21N3O2S. The molecule has 6 heteroatoms. The van der Waals surface area contributed by atoms with Gasteiger partial charge in [0.05, 0.1) is 18.5 Å². The summed E-state index contributed by atoms with van der Waals surface area (Å²) in [6, 6.07) is 21.7. The summed E-state index contributed by atoms with van der Waals surface area (Å²) in [6.45, 7) is 0. The highest BCUT2D eigenvalue weighted by atomic mass is 32.1. The Morgan fingerprint density at radius 3 is 2.04 bits per heavy atom. The van der Waals surface area contributed by atoms with Gasteiger partial charge in [0.15, 0.2) is 0 Å². The second-order valence-electron chi connectivity index (χ2n) is 6.10. The van der Waals surface area contributed by atoms with Crippen LogP contribution < -0.4 is 16.4 Å². The molecule has 0 aliphatic carbocycles. The fraction of sp³-hybridized carbons (Fsp3) is 0.143. The number of hydrogen-bond donors (Lipinski definition) is 3. The third kappa shape index (κ3) is 5.18. The largest absolute Gasteiger partial charge is 0.352 e. The fourth-order valence-electron chi connectivity index (χ4n) is 2.93. The average molecular weight is 379 g/mol. The summed E-state index contributed by atoms with van der Waals surface area (Å²) >= 11 is 1.59. The Morgan fingerprint density at radius 1 is 0.852 bits per heavy atom. The summed E-state index contributed by atoms with van der Waals surface area (Å²) in [5.74, 6) is -0.167. The van der Waals surface area contributed by atoms with Crippen LogP contribution >= 0.6 is 11.3 Å². The van der Waals surface area contributed by atoms with E-state index in [1.807, 2.05) is 78.2 Å². The highest BCUT2D eigenvalue weighted by Crippen LogP contribution is 2.26. The molecule has 0 fully saturated rings. The summed E-state index contributed by atoms with van der Waals surface area (Å²) < 4.78 is 0. The Balaban J connectivity index is 1.77. The quantitative estimate of drug-likeness (QED) is 0.584. The van der Waals surface area contributed by atoms with Gasteiger partial charge in [0.25, 0.3) is 0 Å². The lowest BCUT2D eigenvalue weighted by molar-refractivity contribution is -0.122. The van der Waals surface area contributed by atoms with Crippen molar-refractivity contribution in [2.75, 3.05) is 0 Å². The van der Waals surface area contributed by atoms with Crippen molar-refractivity contribution in [1.29, 1.82) is 0 Å². The zero-order valence-electron chi connectivity index (χ0n) is 14.7. The minimum absolute atomic E-state index is 0.0989. The van der Waals surface area contributed by atoms with E-state index >= 15 is 0 Å². The van der Waals surface area contributed by atoms with Gasteiger partial charge in [0.1, 0.15) is 0 Å². The molecule has 0 radical (unpaired) electrons. The Bertz CT molecular complexity index is 867. The maximum atomic E-state index is 12.8. The van der Waals surface area contributed by atoms with Gasteiger partial charge in [-0.2, -0.15) is 0 Å². The van der Waals surface area contributed by atoms with Crippen LogP contribution in [0.4, 0.5) is 4.79 Å². The summed E-state index contributed by atoms with van der Waals surface area (Å²) in [6.07, 6.45) is 0.0989. The van der Waals surface area contributed by atoms with Crippen LogP contribution in [-0.2, 0) is 4.79 Å². The van der Waals surface area contributed by atoms with Crippen molar-refractivity contribution >= 4 is 23.3 Å². The molecule has 5 nitrogen and oxygen atoms in total. The van der Waals surface area contributed by atoms with E-state index in [1.165, 1.54) is 0 Å². The number of carbonyl (C=O) groups excluding carboxylic acids is 2. The number of primary amides is 1. The number of amides is 3. The molecule has 2 atom stereocenters. The van der Waals surface area contributed by atoms with Gasteiger partial charge in [-0.1, -0.05) is 66.7 Å².